The Labute approximate surface area is 205 Å². The van der Waals surface area contributed by atoms with Crippen molar-refractivity contribution in [3.8, 4) is 0 Å². The van der Waals surface area contributed by atoms with Crippen LogP contribution < -0.4 is 9.73 Å². The Kier molecular flexibility index (Phi) is 7.38. The molecule has 0 unspecified atom stereocenters. The highest BCUT2D eigenvalue weighted by molar-refractivity contribution is 7.92. The average molecular weight is 484 g/mol. The van der Waals surface area contributed by atoms with Crippen molar-refractivity contribution in [1.82, 2.24) is 5.43 Å². The van der Waals surface area contributed by atoms with Gasteiger partial charge in [-0.25, -0.2) is 13.8 Å². The molecular weight excluding hydrogens is 458 g/mol. The molecule has 0 fully saturated rings. The molecule has 0 spiro atoms. The molecule has 0 saturated heterocycles. The first-order valence-electron chi connectivity index (χ1n) is 11.1. The summed E-state index contributed by atoms with van der Waals surface area (Å²) in [5, 5.41) is 4.07. The van der Waals surface area contributed by atoms with Gasteiger partial charge in [0.05, 0.1) is 28.9 Å². The topological polar surface area (TPSA) is 78.8 Å². The van der Waals surface area contributed by atoms with Crippen LogP contribution in [0, 0.1) is 6.92 Å². The van der Waals surface area contributed by atoms with E-state index in [2.05, 4.69) is 10.5 Å². The molecular formula is C28H25N3O3S. The van der Waals surface area contributed by atoms with Crippen LogP contribution in [0.5, 0.6) is 0 Å². The van der Waals surface area contributed by atoms with Crippen molar-refractivity contribution >= 4 is 27.8 Å². The molecule has 0 saturated carbocycles. The van der Waals surface area contributed by atoms with Crippen LogP contribution in [-0.4, -0.2) is 20.5 Å². The molecule has 7 heteroatoms. The fraction of sp³-hybridized carbons (Fsp3) is 0.0714. The van der Waals surface area contributed by atoms with E-state index in [1.807, 2.05) is 61.5 Å². The maximum Gasteiger partial charge on any atom is 0.273 e. The van der Waals surface area contributed by atoms with Crippen LogP contribution in [0.2, 0.25) is 0 Å². The van der Waals surface area contributed by atoms with Crippen LogP contribution in [0.3, 0.4) is 0 Å². The molecule has 1 amide bonds. The van der Waals surface area contributed by atoms with Gasteiger partial charge < -0.3 is 0 Å². The maximum atomic E-state index is 13.7. The lowest BCUT2D eigenvalue weighted by Gasteiger charge is -2.26. The first-order chi connectivity index (χ1) is 16.9. The van der Waals surface area contributed by atoms with E-state index in [0.29, 0.717) is 0 Å². The number of hydrogen-bond donors (Lipinski definition) is 1. The Morgan fingerprint density at radius 2 is 1.51 bits per heavy atom. The van der Waals surface area contributed by atoms with Crippen LogP contribution in [0.4, 0.5) is 5.69 Å². The summed E-state index contributed by atoms with van der Waals surface area (Å²) in [5.74, 6) is -0.508. The summed E-state index contributed by atoms with van der Waals surface area (Å²) in [6, 6.07) is 31.8. The molecule has 0 aromatic heterocycles. The molecule has 0 bridgehead atoms. The lowest BCUT2D eigenvalue weighted by atomic mass is 10.1. The highest BCUT2D eigenvalue weighted by Gasteiger charge is 2.28. The molecule has 4 aromatic carbocycles. The number of anilines is 1. The van der Waals surface area contributed by atoms with Gasteiger partial charge in [0.15, 0.2) is 0 Å². The first kappa shape index (κ1) is 23.9. The molecule has 176 valence electrons. The normalized spacial score (nSPS) is 11.3. The second-order valence-electron chi connectivity index (χ2n) is 7.94. The Hall–Kier alpha value is -4.23. The number of benzene rings is 4. The van der Waals surface area contributed by atoms with E-state index in [1.54, 1.807) is 60.8 Å². The fourth-order valence-electron chi connectivity index (χ4n) is 3.63. The van der Waals surface area contributed by atoms with E-state index in [0.717, 1.165) is 16.7 Å². The average Bonchev–Trinajstić information content (AvgIpc) is 2.88. The predicted octanol–water partition coefficient (Wildman–Crippen LogP) is 5.15. The monoisotopic (exact) mass is 483 g/mol. The van der Waals surface area contributed by atoms with E-state index in [-0.39, 0.29) is 22.7 Å². The number of sulfonamides is 1. The Balaban J connectivity index is 1.70. The third-order valence-electron chi connectivity index (χ3n) is 5.34. The molecule has 6 nitrogen and oxygen atoms in total. The molecule has 0 heterocycles. The third-order valence-corrected chi connectivity index (χ3v) is 7.11. The maximum absolute atomic E-state index is 13.7. The van der Waals surface area contributed by atoms with Gasteiger partial charge in [0, 0.05) is 0 Å². The van der Waals surface area contributed by atoms with Gasteiger partial charge in [-0.3, -0.25) is 9.10 Å². The zero-order valence-corrected chi connectivity index (χ0v) is 20.0. The highest BCUT2D eigenvalue weighted by atomic mass is 32.2. The zero-order valence-electron chi connectivity index (χ0n) is 19.2. The van der Waals surface area contributed by atoms with E-state index in [4.69, 9.17) is 0 Å². The third kappa shape index (κ3) is 5.83. The number of para-hydroxylation sites is 1. The zero-order chi connectivity index (χ0) is 24.7. The van der Waals surface area contributed by atoms with E-state index >= 15 is 0 Å². The molecule has 4 aromatic rings. The van der Waals surface area contributed by atoms with Crippen LogP contribution >= 0.6 is 0 Å². The van der Waals surface area contributed by atoms with Crippen LogP contribution in [0.1, 0.15) is 27.0 Å². The number of hydrogen-bond acceptors (Lipinski definition) is 4. The first-order valence-corrected chi connectivity index (χ1v) is 12.5. The SMILES string of the molecule is Cc1cccc(/C=N/NC(=O)c2ccccc2N(Cc2ccccc2)S(=O)(=O)c2ccccc2)c1. The lowest BCUT2D eigenvalue weighted by Crippen LogP contribution is -2.33. The van der Waals surface area contributed by atoms with Crippen molar-refractivity contribution in [2.75, 3.05) is 4.31 Å². The number of nitrogens with one attached hydrogen (secondary N) is 1. The van der Waals surface area contributed by atoms with Gasteiger partial charge in [-0.2, -0.15) is 5.10 Å². The number of carbonyl (C=O) groups is 1. The molecule has 0 aliphatic rings. The standard InChI is InChI=1S/C28H25N3O3S/c1-22-11-10-14-24(19-22)20-29-30-28(32)26-17-8-9-18-27(26)31(21-23-12-4-2-5-13-23)35(33,34)25-15-6-3-7-16-25/h2-20H,21H2,1H3,(H,30,32)/b29-20+. The quantitative estimate of drug-likeness (QED) is 0.278. The van der Waals surface area contributed by atoms with E-state index < -0.39 is 15.9 Å². The Bertz CT molecular complexity index is 1440. The van der Waals surface area contributed by atoms with Gasteiger partial charge in [0.25, 0.3) is 15.9 Å². The summed E-state index contributed by atoms with van der Waals surface area (Å²) in [6.45, 7) is 2.04. The number of hydrazone groups is 1. The van der Waals surface area contributed by atoms with Crippen molar-refractivity contribution in [2.24, 2.45) is 5.10 Å². The summed E-state index contributed by atoms with van der Waals surface area (Å²) in [5.41, 5.74) is 5.70. The summed E-state index contributed by atoms with van der Waals surface area (Å²) in [4.78, 5) is 13.2. The summed E-state index contributed by atoms with van der Waals surface area (Å²) >= 11 is 0. The van der Waals surface area contributed by atoms with E-state index in [9.17, 15) is 13.2 Å². The Morgan fingerprint density at radius 1 is 0.857 bits per heavy atom. The van der Waals surface area contributed by atoms with Crippen LogP contribution in [0.25, 0.3) is 0 Å². The van der Waals surface area contributed by atoms with Crippen LogP contribution in [-0.2, 0) is 16.6 Å². The number of nitrogens with zero attached hydrogens (tertiary/aromatic N) is 2. The number of carbonyl (C=O) groups excluding carboxylic acids is 1. The minimum Gasteiger partial charge on any atom is -0.267 e. The minimum absolute atomic E-state index is 0.0644. The molecule has 0 aliphatic heterocycles. The largest absolute Gasteiger partial charge is 0.273 e. The molecule has 1 N–H and O–H groups in total. The number of amides is 1. The van der Waals surface area contributed by atoms with Crippen molar-refractivity contribution < 1.29 is 13.2 Å². The van der Waals surface area contributed by atoms with Gasteiger partial charge in [-0.1, -0.05) is 90.5 Å². The van der Waals surface area contributed by atoms with Gasteiger partial charge in [0.2, 0.25) is 0 Å². The summed E-state index contributed by atoms with van der Waals surface area (Å²) < 4.78 is 28.7. The van der Waals surface area contributed by atoms with Crippen molar-refractivity contribution in [1.29, 1.82) is 0 Å². The fourth-order valence-corrected chi connectivity index (χ4v) is 5.12. The Morgan fingerprint density at radius 3 is 2.23 bits per heavy atom. The number of aryl methyl sites for hydroxylation is 1. The minimum atomic E-state index is -3.96. The highest BCUT2D eigenvalue weighted by Crippen LogP contribution is 2.29. The predicted molar refractivity (Wildman–Crippen MR) is 139 cm³/mol. The van der Waals surface area contributed by atoms with Gasteiger partial charge in [0.1, 0.15) is 0 Å². The second kappa shape index (κ2) is 10.8. The molecule has 4 rings (SSSR count). The second-order valence-corrected chi connectivity index (χ2v) is 9.80. The van der Waals surface area contributed by atoms with Crippen molar-refractivity contribution in [2.45, 2.75) is 18.4 Å². The van der Waals surface area contributed by atoms with Gasteiger partial charge >= 0.3 is 0 Å². The van der Waals surface area contributed by atoms with Gasteiger partial charge in [-0.05, 0) is 42.3 Å². The van der Waals surface area contributed by atoms with Crippen molar-refractivity contribution in [3.63, 3.8) is 0 Å². The molecule has 0 radical (unpaired) electrons. The van der Waals surface area contributed by atoms with Crippen LogP contribution in [0.15, 0.2) is 119 Å². The number of rotatable bonds is 8. The molecule has 0 atom stereocenters. The summed E-state index contributed by atoms with van der Waals surface area (Å²) in [7, 11) is -3.96. The molecule has 35 heavy (non-hydrogen) atoms. The lowest BCUT2D eigenvalue weighted by molar-refractivity contribution is 0.0956. The molecule has 0 aliphatic carbocycles. The smallest absolute Gasteiger partial charge is 0.267 e. The van der Waals surface area contributed by atoms with Crippen molar-refractivity contribution in [3.05, 3.63) is 131 Å². The van der Waals surface area contributed by atoms with E-state index in [1.165, 1.54) is 4.31 Å². The summed E-state index contributed by atoms with van der Waals surface area (Å²) in [6.07, 6.45) is 1.55. The van der Waals surface area contributed by atoms with Gasteiger partial charge in [-0.15, -0.1) is 0 Å².